The van der Waals surface area contributed by atoms with Crippen LogP contribution in [0.1, 0.15) is 25.3 Å². The zero-order chi connectivity index (χ0) is 18.6. The van der Waals surface area contributed by atoms with Crippen LogP contribution in [0.5, 0.6) is 5.75 Å². The largest absolute Gasteiger partial charge is 0.497 e. The second-order valence-electron chi connectivity index (χ2n) is 6.84. The molecule has 7 heteroatoms. The van der Waals surface area contributed by atoms with Gasteiger partial charge < -0.3 is 9.64 Å². The third-order valence-corrected chi connectivity index (χ3v) is 4.80. The number of ether oxygens (including phenoxy) is 1. The topological polar surface area (TPSA) is 83.2 Å². The smallest absolute Gasteiger partial charge is 0.323 e. The van der Waals surface area contributed by atoms with Gasteiger partial charge in [0, 0.05) is 25.4 Å². The highest BCUT2D eigenvalue weighted by atomic mass is 16.5. The molecule has 2 heterocycles. The molecule has 1 aliphatic heterocycles. The van der Waals surface area contributed by atoms with E-state index in [0.717, 1.165) is 11.3 Å². The monoisotopic (exact) mass is 353 g/mol. The Morgan fingerprint density at radius 3 is 2.62 bits per heavy atom. The summed E-state index contributed by atoms with van der Waals surface area (Å²) >= 11 is 0. The molecule has 2 amide bonds. The number of rotatable bonds is 4. The number of amides is 2. The second-order valence-corrected chi connectivity index (χ2v) is 6.84. The summed E-state index contributed by atoms with van der Waals surface area (Å²) in [6, 6.07) is 11.7. The Hall–Kier alpha value is -3.01. The minimum Gasteiger partial charge on any atom is -0.497 e. The van der Waals surface area contributed by atoms with Crippen LogP contribution in [-0.2, 0) is 6.54 Å². The molecule has 3 rings (SSSR count). The molecule has 0 spiro atoms. The van der Waals surface area contributed by atoms with Crippen LogP contribution in [0, 0.1) is 16.7 Å². The maximum Gasteiger partial charge on any atom is 0.323 e. The van der Waals surface area contributed by atoms with Crippen molar-refractivity contribution in [2.75, 3.05) is 25.5 Å². The lowest BCUT2D eigenvalue weighted by atomic mass is 9.82. The third-order valence-electron chi connectivity index (χ3n) is 4.80. The number of nitrogens with one attached hydrogen (secondary N) is 1. The van der Waals surface area contributed by atoms with Gasteiger partial charge in [-0.15, -0.1) is 0 Å². The van der Waals surface area contributed by atoms with E-state index in [-0.39, 0.29) is 11.4 Å². The van der Waals surface area contributed by atoms with Crippen molar-refractivity contribution in [3.8, 4) is 11.8 Å². The normalized spacial score (nSPS) is 16.0. The lowest BCUT2D eigenvalue weighted by molar-refractivity contribution is 0.166. The average Bonchev–Trinajstić information content (AvgIpc) is 3.09. The summed E-state index contributed by atoms with van der Waals surface area (Å²) in [6.07, 6.45) is 3.23. The molecule has 1 aromatic heterocycles. The number of urea groups is 1. The number of nitriles is 1. The molecule has 1 N–H and O–H groups in total. The molecule has 0 saturated carbocycles. The zero-order valence-electron chi connectivity index (χ0n) is 15.1. The minimum atomic E-state index is -0.323. The molecule has 1 fully saturated rings. The SMILES string of the molecule is COc1ccc(Cn2ccc(NC(=O)N3CCC(C)(C#N)CC3)n2)cc1. The Kier molecular flexibility index (Phi) is 5.12. The molecule has 0 aliphatic carbocycles. The fourth-order valence-corrected chi connectivity index (χ4v) is 2.94. The molecule has 0 atom stereocenters. The maximum absolute atomic E-state index is 12.4. The fourth-order valence-electron chi connectivity index (χ4n) is 2.94. The molecular weight excluding hydrogens is 330 g/mol. The van der Waals surface area contributed by atoms with Crippen molar-refractivity contribution < 1.29 is 9.53 Å². The number of piperidine rings is 1. The van der Waals surface area contributed by atoms with E-state index in [9.17, 15) is 10.1 Å². The summed E-state index contributed by atoms with van der Waals surface area (Å²) < 4.78 is 6.93. The Morgan fingerprint density at radius 1 is 1.31 bits per heavy atom. The van der Waals surface area contributed by atoms with Crippen LogP contribution in [0.25, 0.3) is 0 Å². The van der Waals surface area contributed by atoms with Gasteiger partial charge >= 0.3 is 6.03 Å². The van der Waals surface area contributed by atoms with Crippen LogP contribution in [0.3, 0.4) is 0 Å². The van der Waals surface area contributed by atoms with Gasteiger partial charge in [-0.25, -0.2) is 4.79 Å². The molecule has 0 bridgehead atoms. The summed E-state index contributed by atoms with van der Waals surface area (Å²) in [4.78, 5) is 14.1. The Labute approximate surface area is 153 Å². The van der Waals surface area contributed by atoms with E-state index < -0.39 is 0 Å². The van der Waals surface area contributed by atoms with Crippen molar-refractivity contribution in [3.05, 3.63) is 42.1 Å². The first-order valence-electron chi connectivity index (χ1n) is 8.65. The van der Waals surface area contributed by atoms with E-state index >= 15 is 0 Å². The van der Waals surface area contributed by atoms with Gasteiger partial charge in [-0.1, -0.05) is 12.1 Å². The standard InChI is InChI=1S/C19H23N5O2/c1-19(14-20)8-11-23(12-9-19)18(25)21-17-7-10-24(22-17)13-15-3-5-16(26-2)6-4-15/h3-7,10H,8-9,11-13H2,1-2H3,(H,21,22,25). The summed E-state index contributed by atoms with van der Waals surface area (Å²) in [7, 11) is 1.64. The number of methoxy groups -OCH3 is 1. The number of anilines is 1. The Morgan fingerprint density at radius 2 is 2.00 bits per heavy atom. The first-order chi connectivity index (χ1) is 12.5. The Bertz CT molecular complexity index is 798. The van der Waals surface area contributed by atoms with E-state index in [2.05, 4.69) is 16.5 Å². The molecule has 1 saturated heterocycles. The van der Waals surface area contributed by atoms with Crippen LogP contribution < -0.4 is 10.1 Å². The Balaban J connectivity index is 1.55. The molecule has 0 radical (unpaired) electrons. The lowest BCUT2D eigenvalue weighted by Gasteiger charge is -2.34. The molecule has 0 unspecified atom stereocenters. The molecule has 2 aromatic rings. The molecule has 26 heavy (non-hydrogen) atoms. The maximum atomic E-state index is 12.4. The van der Waals surface area contributed by atoms with Crippen molar-refractivity contribution in [2.24, 2.45) is 5.41 Å². The van der Waals surface area contributed by atoms with Crippen molar-refractivity contribution in [2.45, 2.75) is 26.3 Å². The van der Waals surface area contributed by atoms with Crippen LogP contribution in [0.2, 0.25) is 0 Å². The van der Waals surface area contributed by atoms with Gasteiger partial charge in [0.15, 0.2) is 5.82 Å². The quantitative estimate of drug-likeness (QED) is 0.915. The number of benzene rings is 1. The zero-order valence-corrected chi connectivity index (χ0v) is 15.1. The number of likely N-dealkylation sites (tertiary alicyclic amines) is 1. The summed E-state index contributed by atoms with van der Waals surface area (Å²) in [5, 5.41) is 16.4. The van der Waals surface area contributed by atoms with E-state index in [0.29, 0.717) is 38.3 Å². The molecule has 1 aromatic carbocycles. The van der Waals surface area contributed by atoms with Gasteiger partial charge in [-0.05, 0) is 37.5 Å². The highest BCUT2D eigenvalue weighted by molar-refractivity contribution is 5.88. The summed E-state index contributed by atoms with van der Waals surface area (Å²) in [5.74, 6) is 1.34. The number of carbonyl (C=O) groups excluding carboxylic acids is 1. The molecular formula is C19H23N5O2. The number of hydrogen-bond donors (Lipinski definition) is 1. The average molecular weight is 353 g/mol. The number of aromatic nitrogens is 2. The predicted octanol–water partition coefficient (Wildman–Crippen LogP) is 3.10. The van der Waals surface area contributed by atoms with Crippen molar-refractivity contribution >= 4 is 11.8 Å². The van der Waals surface area contributed by atoms with Crippen LogP contribution in [0.4, 0.5) is 10.6 Å². The lowest BCUT2D eigenvalue weighted by Crippen LogP contribution is -2.43. The first-order valence-corrected chi connectivity index (χ1v) is 8.65. The van der Waals surface area contributed by atoms with Gasteiger partial charge in [0.05, 0.1) is 25.1 Å². The van der Waals surface area contributed by atoms with Crippen LogP contribution in [-0.4, -0.2) is 40.9 Å². The van der Waals surface area contributed by atoms with Gasteiger partial charge in [-0.3, -0.25) is 10.00 Å². The third kappa shape index (κ3) is 4.14. The molecule has 136 valence electrons. The van der Waals surface area contributed by atoms with Gasteiger partial charge in [-0.2, -0.15) is 10.4 Å². The van der Waals surface area contributed by atoms with Crippen LogP contribution in [0.15, 0.2) is 36.5 Å². The highest BCUT2D eigenvalue weighted by Gasteiger charge is 2.31. The first kappa shape index (κ1) is 17.8. The number of carbonyl (C=O) groups is 1. The van der Waals surface area contributed by atoms with Crippen molar-refractivity contribution in [3.63, 3.8) is 0 Å². The second kappa shape index (κ2) is 7.48. The van der Waals surface area contributed by atoms with Gasteiger partial charge in [0.1, 0.15) is 5.75 Å². The molecule has 1 aliphatic rings. The number of hydrogen-bond acceptors (Lipinski definition) is 4. The van der Waals surface area contributed by atoms with Gasteiger partial charge in [0.2, 0.25) is 0 Å². The molecule has 7 nitrogen and oxygen atoms in total. The summed E-state index contributed by atoms with van der Waals surface area (Å²) in [5.41, 5.74) is 0.773. The van der Waals surface area contributed by atoms with E-state index in [1.54, 1.807) is 22.8 Å². The summed E-state index contributed by atoms with van der Waals surface area (Å²) in [6.45, 7) is 3.73. The van der Waals surface area contributed by atoms with Crippen LogP contribution >= 0.6 is 0 Å². The minimum absolute atomic E-state index is 0.167. The van der Waals surface area contributed by atoms with Gasteiger partial charge in [0.25, 0.3) is 0 Å². The van der Waals surface area contributed by atoms with Crippen molar-refractivity contribution in [1.29, 1.82) is 5.26 Å². The van der Waals surface area contributed by atoms with E-state index in [1.165, 1.54) is 0 Å². The fraction of sp³-hybridized carbons (Fsp3) is 0.421. The van der Waals surface area contributed by atoms with E-state index in [4.69, 9.17) is 4.74 Å². The predicted molar refractivity (Wildman–Crippen MR) is 97.9 cm³/mol. The number of nitrogens with zero attached hydrogens (tertiary/aromatic N) is 4. The van der Waals surface area contributed by atoms with Crippen molar-refractivity contribution in [1.82, 2.24) is 14.7 Å². The van der Waals surface area contributed by atoms with E-state index in [1.807, 2.05) is 37.4 Å². The highest BCUT2D eigenvalue weighted by Crippen LogP contribution is 2.29.